The second-order valence-electron chi connectivity index (χ2n) is 7.12. The Balaban J connectivity index is 1.58. The fourth-order valence-corrected chi connectivity index (χ4v) is 4.41. The van der Waals surface area contributed by atoms with E-state index >= 15 is 0 Å². The highest BCUT2D eigenvalue weighted by atomic mass is 35.5. The predicted molar refractivity (Wildman–Crippen MR) is 98.4 cm³/mol. The zero-order valence-corrected chi connectivity index (χ0v) is 14.8. The van der Waals surface area contributed by atoms with Crippen molar-refractivity contribution in [3.8, 4) is 0 Å². The zero-order chi connectivity index (χ0) is 16.5. The van der Waals surface area contributed by atoms with Crippen molar-refractivity contribution in [3.05, 3.63) is 70.7 Å². The van der Waals surface area contributed by atoms with Gasteiger partial charge in [-0.3, -0.25) is 0 Å². The quantitative estimate of drug-likeness (QED) is 0.769. The van der Waals surface area contributed by atoms with Crippen LogP contribution in [-0.4, -0.2) is 30.1 Å². The van der Waals surface area contributed by atoms with E-state index < -0.39 is 0 Å². The first kappa shape index (κ1) is 16.1. The number of hydrogen-bond acceptors (Lipinski definition) is 2. The van der Waals surface area contributed by atoms with Gasteiger partial charge in [0.15, 0.2) is 0 Å². The third-order valence-corrected chi connectivity index (χ3v) is 5.91. The molecular formula is C21H24ClNO. The largest absolute Gasteiger partial charge is 0.365 e. The van der Waals surface area contributed by atoms with Gasteiger partial charge >= 0.3 is 0 Å². The molecule has 3 heteroatoms. The molecule has 0 radical (unpaired) electrons. The van der Waals surface area contributed by atoms with Crippen molar-refractivity contribution in [2.24, 2.45) is 0 Å². The number of fused-ring (bicyclic) bond motifs is 2. The molecule has 4 rings (SSSR count). The Hall–Kier alpha value is -1.35. The van der Waals surface area contributed by atoms with Crippen molar-refractivity contribution in [3.63, 3.8) is 0 Å². The van der Waals surface area contributed by atoms with Crippen LogP contribution in [0.2, 0.25) is 5.02 Å². The Morgan fingerprint density at radius 2 is 1.50 bits per heavy atom. The van der Waals surface area contributed by atoms with Gasteiger partial charge in [-0.2, -0.15) is 0 Å². The summed E-state index contributed by atoms with van der Waals surface area (Å²) < 4.78 is 6.66. The molecule has 2 aliphatic rings. The van der Waals surface area contributed by atoms with Gasteiger partial charge in [0.2, 0.25) is 0 Å². The summed E-state index contributed by atoms with van der Waals surface area (Å²) in [6.45, 7) is 0. The topological polar surface area (TPSA) is 12.5 Å². The van der Waals surface area contributed by atoms with E-state index in [0.717, 1.165) is 17.9 Å². The van der Waals surface area contributed by atoms with Crippen LogP contribution in [0.25, 0.3) is 0 Å². The van der Waals surface area contributed by atoms with E-state index in [1.54, 1.807) is 0 Å². The third kappa shape index (κ3) is 3.23. The van der Waals surface area contributed by atoms with Crippen LogP contribution in [0.3, 0.4) is 0 Å². The van der Waals surface area contributed by atoms with E-state index in [4.69, 9.17) is 16.3 Å². The lowest BCUT2D eigenvalue weighted by molar-refractivity contribution is -0.0426. The standard InChI is InChI=1S/C21H24ClNO/c1-23-18-11-12-19(23)14-20(13-18)24-21(15-5-3-2-4-6-15)16-7-9-17(22)10-8-16/h2-10,18-21H,11-14H2,1H3/t18-,19+,20+,21?. The Bertz CT molecular complexity index is 658. The third-order valence-electron chi connectivity index (χ3n) is 5.66. The molecule has 0 N–H and O–H groups in total. The maximum atomic E-state index is 6.66. The summed E-state index contributed by atoms with van der Waals surface area (Å²) in [5.41, 5.74) is 2.39. The summed E-state index contributed by atoms with van der Waals surface area (Å²) >= 11 is 6.07. The van der Waals surface area contributed by atoms with Crippen LogP contribution >= 0.6 is 11.6 Å². The molecule has 2 aliphatic heterocycles. The van der Waals surface area contributed by atoms with Gasteiger partial charge in [-0.05, 0) is 56.0 Å². The number of ether oxygens (including phenoxy) is 1. The number of benzene rings is 2. The molecule has 126 valence electrons. The highest BCUT2D eigenvalue weighted by Gasteiger charge is 2.39. The molecule has 2 heterocycles. The number of hydrogen-bond donors (Lipinski definition) is 0. The van der Waals surface area contributed by atoms with Crippen molar-refractivity contribution in [1.82, 2.24) is 4.90 Å². The first-order valence-corrected chi connectivity index (χ1v) is 9.26. The lowest BCUT2D eigenvalue weighted by Crippen LogP contribution is -2.43. The van der Waals surface area contributed by atoms with Gasteiger partial charge in [0.05, 0.1) is 6.10 Å². The molecule has 2 fully saturated rings. The molecule has 0 aliphatic carbocycles. The molecule has 0 amide bonds. The number of halogens is 1. The van der Waals surface area contributed by atoms with E-state index in [2.05, 4.69) is 54.4 Å². The van der Waals surface area contributed by atoms with Gasteiger partial charge in [-0.1, -0.05) is 54.1 Å². The van der Waals surface area contributed by atoms with Gasteiger partial charge < -0.3 is 9.64 Å². The van der Waals surface area contributed by atoms with Gasteiger partial charge in [0.25, 0.3) is 0 Å². The van der Waals surface area contributed by atoms with Gasteiger partial charge in [-0.25, -0.2) is 0 Å². The summed E-state index contributed by atoms with van der Waals surface area (Å²) in [7, 11) is 2.27. The molecule has 2 nitrogen and oxygen atoms in total. The minimum absolute atomic E-state index is 0.0173. The molecule has 4 atom stereocenters. The monoisotopic (exact) mass is 341 g/mol. The van der Waals surface area contributed by atoms with E-state index in [1.807, 2.05) is 12.1 Å². The van der Waals surface area contributed by atoms with Gasteiger partial charge in [0, 0.05) is 17.1 Å². The number of piperidine rings is 1. The molecule has 2 aromatic rings. The lowest BCUT2D eigenvalue weighted by Gasteiger charge is -2.38. The molecule has 2 bridgehead atoms. The fraction of sp³-hybridized carbons (Fsp3) is 0.429. The highest BCUT2D eigenvalue weighted by Crippen LogP contribution is 2.38. The smallest absolute Gasteiger partial charge is 0.108 e. The Morgan fingerprint density at radius 3 is 2.12 bits per heavy atom. The molecule has 2 saturated heterocycles. The lowest BCUT2D eigenvalue weighted by atomic mass is 9.97. The zero-order valence-electron chi connectivity index (χ0n) is 14.1. The molecule has 2 aromatic carbocycles. The van der Waals surface area contributed by atoms with E-state index in [9.17, 15) is 0 Å². The average Bonchev–Trinajstić information content (AvgIpc) is 2.83. The van der Waals surface area contributed by atoms with Crippen LogP contribution in [0.4, 0.5) is 0 Å². The summed E-state index contributed by atoms with van der Waals surface area (Å²) in [5, 5.41) is 0.767. The van der Waals surface area contributed by atoms with Crippen LogP contribution in [0.5, 0.6) is 0 Å². The summed E-state index contributed by atoms with van der Waals surface area (Å²) in [6, 6.07) is 20.0. The van der Waals surface area contributed by atoms with Crippen LogP contribution < -0.4 is 0 Å². The van der Waals surface area contributed by atoms with Crippen LogP contribution in [0.15, 0.2) is 54.6 Å². The summed E-state index contributed by atoms with van der Waals surface area (Å²) in [6.07, 6.45) is 5.24. The van der Waals surface area contributed by atoms with Crippen molar-refractivity contribution in [2.75, 3.05) is 7.05 Å². The van der Waals surface area contributed by atoms with Crippen LogP contribution in [0.1, 0.15) is 42.9 Å². The van der Waals surface area contributed by atoms with E-state index in [-0.39, 0.29) is 6.10 Å². The normalized spacial score (nSPS) is 28.0. The Labute approximate surface area is 149 Å². The maximum absolute atomic E-state index is 6.66. The van der Waals surface area contributed by atoms with Crippen LogP contribution in [0, 0.1) is 0 Å². The summed E-state index contributed by atoms with van der Waals surface area (Å²) in [5.74, 6) is 0. The maximum Gasteiger partial charge on any atom is 0.108 e. The van der Waals surface area contributed by atoms with Crippen molar-refractivity contribution in [2.45, 2.75) is 50.0 Å². The first-order chi connectivity index (χ1) is 11.7. The fourth-order valence-electron chi connectivity index (χ4n) is 4.28. The van der Waals surface area contributed by atoms with Crippen molar-refractivity contribution < 1.29 is 4.74 Å². The second-order valence-corrected chi connectivity index (χ2v) is 7.56. The van der Waals surface area contributed by atoms with Crippen molar-refractivity contribution in [1.29, 1.82) is 0 Å². The number of rotatable bonds is 4. The number of nitrogens with zero attached hydrogens (tertiary/aromatic N) is 1. The van der Waals surface area contributed by atoms with E-state index in [1.165, 1.54) is 24.0 Å². The molecule has 0 saturated carbocycles. The molecule has 0 aromatic heterocycles. The molecule has 24 heavy (non-hydrogen) atoms. The van der Waals surface area contributed by atoms with Gasteiger partial charge in [0.1, 0.15) is 6.10 Å². The molecule has 1 unspecified atom stereocenters. The molecular weight excluding hydrogens is 318 g/mol. The first-order valence-electron chi connectivity index (χ1n) is 8.88. The SMILES string of the molecule is CN1[C@@H]2CC[C@H]1C[C@@H](OC(c1ccccc1)c1ccc(Cl)cc1)C2. The Morgan fingerprint density at radius 1 is 0.917 bits per heavy atom. The highest BCUT2D eigenvalue weighted by molar-refractivity contribution is 6.30. The van der Waals surface area contributed by atoms with Crippen molar-refractivity contribution >= 4 is 11.6 Å². The predicted octanol–water partition coefficient (Wildman–Crippen LogP) is 5.07. The minimum Gasteiger partial charge on any atom is -0.365 e. The summed E-state index contributed by atoms with van der Waals surface area (Å²) in [4.78, 5) is 2.56. The Kier molecular flexibility index (Phi) is 4.62. The second kappa shape index (κ2) is 6.87. The van der Waals surface area contributed by atoms with Gasteiger partial charge in [-0.15, -0.1) is 0 Å². The van der Waals surface area contributed by atoms with E-state index in [0.29, 0.717) is 18.2 Å². The van der Waals surface area contributed by atoms with Crippen LogP contribution in [-0.2, 0) is 4.74 Å². The minimum atomic E-state index is -0.0173. The average molecular weight is 342 g/mol. The molecule has 0 spiro atoms.